The zero-order valence-electron chi connectivity index (χ0n) is 21.3. The Kier molecular flexibility index (Phi) is 10.4. The van der Waals surface area contributed by atoms with Gasteiger partial charge in [0.1, 0.15) is 11.5 Å². The second-order valence-electron chi connectivity index (χ2n) is 9.21. The number of halogens is 3. The number of aryl methyl sites for hydroxylation is 1. The number of hydrogen-bond donors (Lipinski definition) is 3. The van der Waals surface area contributed by atoms with Crippen LogP contribution in [0.4, 0.5) is 13.2 Å². The molecule has 0 aliphatic heterocycles. The number of nitrogens with one attached hydrogen (secondary N) is 1. The summed E-state index contributed by atoms with van der Waals surface area (Å²) >= 11 is 0. The summed E-state index contributed by atoms with van der Waals surface area (Å²) < 4.78 is 68.1. The summed E-state index contributed by atoms with van der Waals surface area (Å²) in [5.74, 6) is 0.446. The van der Waals surface area contributed by atoms with E-state index in [9.17, 15) is 17.7 Å². The van der Waals surface area contributed by atoms with Crippen molar-refractivity contribution in [3.8, 4) is 22.6 Å². The van der Waals surface area contributed by atoms with Gasteiger partial charge in [0.05, 0.1) is 37.0 Å². The fourth-order valence-electron chi connectivity index (χ4n) is 3.87. The Balaban J connectivity index is 1.60. The van der Waals surface area contributed by atoms with Gasteiger partial charge < -0.3 is 29.0 Å². The summed E-state index contributed by atoms with van der Waals surface area (Å²) in [6.45, 7) is 4.64. The van der Waals surface area contributed by atoms with Crippen LogP contribution in [0.1, 0.15) is 43.4 Å². The maximum absolute atomic E-state index is 13.5. The smallest absolute Gasteiger partial charge is 0.419 e. The zero-order valence-corrected chi connectivity index (χ0v) is 22.2. The predicted molar refractivity (Wildman–Crippen MR) is 138 cm³/mol. The number of rotatable bonds is 14. The molecule has 7 nitrogen and oxygen atoms in total. The molecule has 0 amide bonds. The lowest BCUT2D eigenvalue weighted by Gasteiger charge is -2.17. The van der Waals surface area contributed by atoms with Crippen LogP contribution in [0.5, 0.6) is 11.5 Å². The SMILES string of the molecule is CC(C)Oc1ccc(CCCOc2ccc(CNCCCP(=O)(O)O)cc2-c2ccoc2)cc1C(F)(F)F. The van der Waals surface area contributed by atoms with Crippen LogP contribution in [-0.2, 0) is 23.7 Å². The zero-order chi connectivity index (χ0) is 27.8. The van der Waals surface area contributed by atoms with Gasteiger partial charge in [-0.05, 0) is 81.1 Å². The Morgan fingerprint density at radius 3 is 2.42 bits per heavy atom. The van der Waals surface area contributed by atoms with Crippen LogP contribution >= 0.6 is 7.60 Å². The lowest BCUT2D eigenvalue weighted by molar-refractivity contribution is -0.139. The molecule has 2 aromatic carbocycles. The second kappa shape index (κ2) is 13.3. The van der Waals surface area contributed by atoms with Crippen LogP contribution in [0.2, 0.25) is 0 Å². The van der Waals surface area contributed by atoms with Gasteiger partial charge in [0.15, 0.2) is 0 Å². The first-order valence-electron chi connectivity index (χ1n) is 12.3. The molecule has 3 aromatic rings. The maximum atomic E-state index is 13.5. The molecule has 208 valence electrons. The van der Waals surface area contributed by atoms with Crippen LogP contribution < -0.4 is 14.8 Å². The van der Waals surface area contributed by atoms with Gasteiger partial charge in [-0.3, -0.25) is 4.57 Å². The van der Waals surface area contributed by atoms with Gasteiger partial charge in [-0.1, -0.05) is 12.1 Å². The number of alkyl halides is 3. The van der Waals surface area contributed by atoms with Gasteiger partial charge in [-0.15, -0.1) is 0 Å². The van der Waals surface area contributed by atoms with Crippen LogP contribution in [-0.4, -0.2) is 35.2 Å². The molecular weight excluding hydrogens is 522 g/mol. The van der Waals surface area contributed by atoms with E-state index in [4.69, 9.17) is 23.7 Å². The van der Waals surface area contributed by atoms with Crippen molar-refractivity contribution in [2.24, 2.45) is 0 Å². The van der Waals surface area contributed by atoms with E-state index in [1.54, 1.807) is 38.5 Å². The summed E-state index contributed by atoms with van der Waals surface area (Å²) in [5.41, 5.74) is 2.35. The van der Waals surface area contributed by atoms with Crippen LogP contribution in [0.15, 0.2) is 59.4 Å². The molecular formula is C27H33F3NO6P. The quantitative estimate of drug-likeness (QED) is 0.156. The third kappa shape index (κ3) is 9.51. The van der Waals surface area contributed by atoms with Crippen LogP contribution in [0, 0.1) is 0 Å². The normalized spacial score (nSPS) is 12.2. The minimum atomic E-state index is -4.51. The minimum Gasteiger partial charge on any atom is -0.493 e. The average Bonchev–Trinajstić information content (AvgIpc) is 3.36. The highest BCUT2D eigenvalue weighted by atomic mass is 31.2. The van der Waals surface area contributed by atoms with Crippen molar-refractivity contribution in [1.29, 1.82) is 0 Å². The van der Waals surface area contributed by atoms with E-state index in [2.05, 4.69) is 5.32 Å². The van der Waals surface area contributed by atoms with Gasteiger partial charge >= 0.3 is 13.8 Å². The van der Waals surface area contributed by atoms with Gasteiger partial charge in [-0.2, -0.15) is 13.2 Å². The molecule has 0 aliphatic rings. The third-order valence-corrected chi connectivity index (χ3v) is 6.49. The highest BCUT2D eigenvalue weighted by Gasteiger charge is 2.34. The molecule has 0 aliphatic carbocycles. The fourth-order valence-corrected chi connectivity index (χ4v) is 4.44. The van der Waals surface area contributed by atoms with Crippen molar-refractivity contribution in [1.82, 2.24) is 5.32 Å². The molecule has 0 atom stereocenters. The van der Waals surface area contributed by atoms with Crippen molar-refractivity contribution in [2.75, 3.05) is 19.3 Å². The molecule has 3 N–H and O–H groups in total. The van der Waals surface area contributed by atoms with Crippen molar-refractivity contribution >= 4 is 7.60 Å². The van der Waals surface area contributed by atoms with E-state index >= 15 is 0 Å². The van der Waals surface area contributed by atoms with E-state index in [1.165, 1.54) is 6.07 Å². The number of ether oxygens (including phenoxy) is 2. The summed E-state index contributed by atoms with van der Waals surface area (Å²) in [5, 5.41) is 3.17. The molecule has 1 heterocycles. The molecule has 0 saturated heterocycles. The summed E-state index contributed by atoms with van der Waals surface area (Å²) in [6, 6.07) is 11.6. The molecule has 0 bridgehead atoms. The highest BCUT2D eigenvalue weighted by Crippen LogP contribution is 2.38. The first kappa shape index (κ1) is 29.8. The molecule has 0 unspecified atom stereocenters. The number of hydrogen-bond acceptors (Lipinski definition) is 5. The third-order valence-electron chi connectivity index (χ3n) is 5.59. The summed E-state index contributed by atoms with van der Waals surface area (Å²) in [6.07, 6.45) is -0.617. The number of furan rings is 1. The molecule has 0 spiro atoms. The standard InChI is InChI=1S/C27H33F3NO6P/c1-19(2)37-26-9-6-20(16-24(26)27(28,29)30)5-3-12-36-25-8-7-21(15-23(25)22-10-13-35-18-22)17-31-11-4-14-38(32,33)34/h6-10,13,15-16,18-19,31H,3-5,11-12,14,17H2,1-2H3,(H2,32,33,34). The minimum absolute atomic E-state index is 0.166. The summed E-state index contributed by atoms with van der Waals surface area (Å²) in [4.78, 5) is 17.9. The Morgan fingerprint density at radius 2 is 1.76 bits per heavy atom. The van der Waals surface area contributed by atoms with Crippen molar-refractivity contribution < 1.29 is 41.4 Å². The molecule has 0 saturated carbocycles. The van der Waals surface area contributed by atoms with Crippen molar-refractivity contribution in [2.45, 2.75) is 51.9 Å². The Morgan fingerprint density at radius 1 is 1.03 bits per heavy atom. The monoisotopic (exact) mass is 555 g/mol. The lowest BCUT2D eigenvalue weighted by atomic mass is 10.0. The fraction of sp³-hybridized carbons (Fsp3) is 0.407. The van der Waals surface area contributed by atoms with Gasteiger partial charge in [0, 0.05) is 17.7 Å². The first-order chi connectivity index (χ1) is 17.9. The molecule has 1 aromatic heterocycles. The second-order valence-corrected chi connectivity index (χ2v) is 11.0. The Labute approximate surface area is 220 Å². The Hall–Kier alpha value is -2.78. The van der Waals surface area contributed by atoms with E-state index in [0.717, 1.165) is 22.8 Å². The molecule has 0 radical (unpaired) electrons. The van der Waals surface area contributed by atoms with E-state index in [0.29, 0.717) is 50.3 Å². The topological polar surface area (TPSA) is 101 Å². The maximum Gasteiger partial charge on any atom is 0.419 e. The Bertz CT molecular complexity index is 1210. The molecule has 3 rings (SSSR count). The van der Waals surface area contributed by atoms with E-state index in [-0.39, 0.29) is 18.0 Å². The van der Waals surface area contributed by atoms with E-state index in [1.807, 2.05) is 18.2 Å². The van der Waals surface area contributed by atoms with Crippen LogP contribution in [0.3, 0.4) is 0 Å². The highest BCUT2D eigenvalue weighted by molar-refractivity contribution is 7.51. The average molecular weight is 556 g/mol. The molecule has 11 heteroatoms. The molecule has 0 fully saturated rings. The van der Waals surface area contributed by atoms with Crippen LogP contribution in [0.25, 0.3) is 11.1 Å². The van der Waals surface area contributed by atoms with Crippen molar-refractivity contribution in [3.05, 3.63) is 71.7 Å². The molecule has 38 heavy (non-hydrogen) atoms. The van der Waals surface area contributed by atoms with Gasteiger partial charge in [0.2, 0.25) is 0 Å². The van der Waals surface area contributed by atoms with E-state index < -0.39 is 19.3 Å². The number of benzene rings is 2. The van der Waals surface area contributed by atoms with Gasteiger partial charge in [-0.25, -0.2) is 0 Å². The first-order valence-corrected chi connectivity index (χ1v) is 14.1. The lowest BCUT2D eigenvalue weighted by Crippen LogP contribution is -2.16. The van der Waals surface area contributed by atoms with Crippen molar-refractivity contribution in [3.63, 3.8) is 0 Å². The largest absolute Gasteiger partial charge is 0.493 e. The van der Waals surface area contributed by atoms with Gasteiger partial charge in [0.25, 0.3) is 0 Å². The summed E-state index contributed by atoms with van der Waals surface area (Å²) in [7, 11) is -4.00. The predicted octanol–water partition coefficient (Wildman–Crippen LogP) is 6.42.